The Bertz CT molecular complexity index is 456. The highest BCUT2D eigenvalue weighted by molar-refractivity contribution is 5.93. The van der Waals surface area contributed by atoms with Gasteiger partial charge in [0.2, 0.25) is 5.95 Å². The Labute approximate surface area is 112 Å². The summed E-state index contributed by atoms with van der Waals surface area (Å²) in [4.78, 5) is 19.7. The summed E-state index contributed by atoms with van der Waals surface area (Å²) in [6.45, 7) is 1.93. The van der Waals surface area contributed by atoms with Crippen molar-refractivity contribution in [1.29, 1.82) is 0 Å². The van der Waals surface area contributed by atoms with Gasteiger partial charge in [-0.15, -0.1) is 0 Å². The zero-order valence-corrected chi connectivity index (χ0v) is 11.1. The van der Waals surface area contributed by atoms with Gasteiger partial charge in [-0.05, 0) is 32.1 Å². The molecule has 1 saturated carbocycles. The molecule has 0 unspecified atom stereocenters. The number of nitrogens with one attached hydrogen (secondary N) is 1. The highest BCUT2D eigenvalue weighted by atomic mass is 16.3. The van der Waals surface area contributed by atoms with E-state index in [1.807, 2.05) is 6.92 Å². The van der Waals surface area contributed by atoms with Crippen LogP contribution in [0.3, 0.4) is 0 Å². The number of rotatable bonds is 4. The fourth-order valence-electron chi connectivity index (χ4n) is 2.36. The summed E-state index contributed by atoms with van der Waals surface area (Å²) in [5.74, 6) is 0.0347. The van der Waals surface area contributed by atoms with E-state index in [0.717, 1.165) is 25.7 Å². The summed E-state index contributed by atoms with van der Waals surface area (Å²) < 4.78 is 0. The maximum atomic E-state index is 11.2. The zero-order chi connectivity index (χ0) is 13.8. The van der Waals surface area contributed by atoms with Gasteiger partial charge in [-0.2, -0.15) is 0 Å². The summed E-state index contributed by atoms with van der Waals surface area (Å²) in [5, 5.41) is 12.7. The number of carbonyl (C=O) groups is 1. The minimum atomic E-state index is -0.496. The number of nitrogens with two attached hydrogens (primary N) is 1. The molecule has 1 aliphatic rings. The lowest BCUT2D eigenvalue weighted by atomic mass is 9.93. The smallest absolute Gasteiger partial charge is 0.252 e. The summed E-state index contributed by atoms with van der Waals surface area (Å²) in [6, 6.07) is 0.285. The van der Waals surface area contributed by atoms with Crippen LogP contribution in [0.5, 0.6) is 0 Å². The third-order valence-corrected chi connectivity index (χ3v) is 3.50. The molecule has 6 heteroatoms. The van der Waals surface area contributed by atoms with Crippen molar-refractivity contribution >= 4 is 11.9 Å². The van der Waals surface area contributed by atoms with Crippen molar-refractivity contribution in [3.63, 3.8) is 0 Å². The number of aromatic nitrogens is 2. The number of primary amides is 1. The lowest BCUT2D eigenvalue weighted by molar-refractivity contribution is 0.0998. The maximum absolute atomic E-state index is 11.2. The van der Waals surface area contributed by atoms with Crippen LogP contribution in [0.1, 0.15) is 48.7 Å². The highest BCUT2D eigenvalue weighted by Crippen LogP contribution is 2.21. The molecule has 1 aromatic heterocycles. The van der Waals surface area contributed by atoms with Crippen LogP contribution in [0.15, 0.2) is 6.20 Å². The predicted octanol–water partition coefficient (Wildman–Crippen LogP) is 0.853. The third kappa shape index (κ3) is 3.41. The molecule has 0 radical (unpaired) electrons. The van der Waals surface area contributed by atoms with Gasteiger partial charge >= 0.3 is 0 Å². The molecule has 4 N–H and O–H groups in total. The van der Waals surface area contributed by atoms with Crippen LogP contribution in [0.25, 0.3) is 0 Å². The van der Waals surface area contributed by atoms with Crippen molar-refractivity contribution < 1.29 is 9.90 Å². The first kappa shape index (κ1) is 13.7. The van der Waals surface area contributed by atoms with Crippen LogP contribution in [0.4, 0.5) is 5.95 Å². The van der Waals surface area contributed by atoms with Gasteiger partial charge in [0, 0.05) is 12.2 Å². The first-order valence-corrected chi connectivity index (χ1v) is 6.70. The molecule has 0 saturated heterocycles. The van der Waals surface area contributed by atoms with E-state index in [-0.39, 0.29) is 12.1 Å². The van der Waals surface area contributed by atoms with Gasteiger partial charge in [-0.25, -0.2) is 9.97 Å². The quantitative estimate of drug-likeness (QED) is 0.748. The summed E-state index contributed by atoms with van der Waals surface area (Å²) in [5.41, 5.74) is 6.32. The average Bonchev–Trinajstić information content (AvgIpc) is 2.41. The monoisotopic (exact) mass is 264 g/mol. The van der Waals surface area contributed by atoms with E-state index in [1.54, 1.807) is 0 Å². The van der Waals surface area contributed by atoms with Crippen LogP contribution >= 0.6 is 0 Å². The Hall–Kier alpha value is -1.69. The summed E-state index contributed by atoms with van der Waals surface area (Å²) in [6.07, 6.45) is 5.36. The number of aryl methyl sites for hydroxylation is 1. The normalized spacial score (nSPS) is 23.1. The molecule has 0 bridgehead atoms. The van der Waals surface area contributed by atoms with Crippen molar-refractivity contribution in [2.24, 2.45) is 5.73 Å². The molecule has 1 fully saturated rings. The minimum Gasteiger partial charge on any atom is -0.393 e. The lowest BCUT2D eigenvalue weighted by Gasteiger charge is -2.26. The second-order valence-corrected chi connectivity index (χ2v) is 4.92. The molecule has 2 rings (SSSR count). The standard InChI is InChI=1S/C13H20N4O2/c1-2-11-10(12(14)19)7-15-13(17-11)16-8-3-5-9(18)6-4-8/h7-9,18H,2-6H2,1H3,(H2,14,19)(H,15,16,17). The molecule has 0 atom stereocenters. The van der Waals surface area contributed by atoms with E-state index in [2.05, 4.69) is 15.3 Å². The summed E-state index contributed by atoms with van der Waals surface area (Å²) >= 11 is 0. The third-order valence-electron chi connectivity index (χ3n) is 3.50. The number of aliphatic hydroxyl groups excluding tert-OH is 1. The van der Waals surface area contributed by atoms with Crippen molar-refractivity contribution in [3.8, 4) is 0 Å². The molecule has 104 valence electrons. The van der Waals surface area contributed by atoms with Gasteiger partial charge in [0.25, 0.3) is 5.91 Å². The fourth-order valence-corrected chi connectivity index (χ4v) is 2.36. The van der Waals surface area contributed by atoms with Gasteiger partial charge in [-0.3, -0.25) is 4.79 Å². The molecule has 19 heavy (non-hydrogen) atoms. The average molecular weight is 264 g/mol. The van der Waals surface area contributed by atoms with Gasteiger partial charge < -0.3 is 16.2 Å². The number of aliphatic hydroxyl groups is 1. The van der Waals surface area contributed by atoms with Gasteiger partial charge in [0.05, 0.1) is 17.4 Å². The molecule has 0 aromatic carbocycles. The molecule has 0 aliphatic heterocycles. The van der Waals surface area contributed by atoms with Crippen LogP contribution in [0, 0.1) is 0 Å². The zero-order valence-electron chi connectivity index (χ0n) is 11.1. The largest absolute Gasteiger partial charge is 0.393 e. The molecule has 0 spiro atoms. The van der Waals surface area contributed by atoms with Gasteiger partial charge in [0.1, 0.15) is 0 Å². The maximum Gasteiger partial charge on any atom is 0.252 e. The Morgan fingerprint density at radius 1 is 1.47 bits per heavy atom. The summed E-state index contributed by atoms with van der Waals surface area (Å²) in [7, 11) is 0. The van der Waals surface area contributed by atoms with Crippen LogP contribution < -0.4 is 11.1 Å². The van der Waals surface area contributed by atoms with E-state index < -0.39 is 5.91 Å². The fraction of sp³-hybridized carbons (Fsp3) is 0.615. The Balaban J connectivity index is 2.07. The second-order valence-electron chi connectivity index (χ2n) is 4.92. The van der Waals surface area contributed by atoms with Crippen molar-refractivity contribution in [2.75, 3.05) is 5.32 Å². The van der Waals surface area contributed by atoms with E-state index in [9.17, 15) is 9.90 Å². The number of amides is 1. The van der Waals surface area contributed by atoms with E-state index >= 15 is 0 Å². The van der Waals surface area contributed by atoms with Gasteiger partial charge in [-0.1, -0.05) is 6.92 Å². The van der Waals surface area contributed by atoms with Gasteiger partial charge in [0.15, 0.2) is 0 Å². The molecule has 6 nitrogen and oxygen atoms in total. The Morgan fingerprint density at radius 2 is 2.16 bits per heavy atom. The number of hydrogen-bond donors (Lipinski definition) is 3. The van der Waals surface area contributed by atoms with Crippen LogP contribution in [-0.2, 0) is 6.42 Å². The molecular weight excluding hydrogens is 244 g/mol. The molecule has 1 heterocycles. The first-order valence-electron chi connectivity index (χ1n) is 6.70. The van der Waals surface area contributed by atoms with Crippen LogP contribution in [0.2, 0.25) is 0 Å². The van der Waals surface area contributed by atoms with Crippen molar-refractivity contribution in [2.45, 2.75) is 51.2 Å². The molecule has 1 aliphatic carbocycles. The molecular formula is C13H20N4O2. The van der Waals surface area contributed by atoms with E-state index in [0.29, 0.717) is 23.6 Å². The predicted molar refractivity (Wildman–Crippen MR) is 71.8 cm³/mol. The SMILES string of the molecule is CCc1nc(NC2CCC(O)CC2)ncc1C(N)=O. The van der Waals surface area contributed by atoms with E-state index in [1.165, 1.54) is 6.20 Å². The Kier molecular flexibility index (Phi) is 4.31. The second kappa shape index (κ2) is 5.97. The van der Waals surface area contributed by atoms with Crippen LogP contribution in [-0.4, -0.2) is 33.1 Å². The number of anilines is 1. The molecule has 1 amide bonds. The molecule has 1 aromatic rings. The van der Waals surface area contributed by atoms with Crippen molar-refractivity contribution in [3.05, 3.63) is 17.5 Å². The highest BCUT2D eigenvalue weighted by Gasteiger charge is 2.20. The minimum absolute atomic E-state index is 0.178. The number of nitrogens with zero attached hydrogens (tertiary/aromatic N) is 2. The lowest BCUT2D eigenvalue weighted by Crippen LogP contribution is -2.29. The Morgan fingerprint density at radius 3 is 2.74 bits per heavy atom. The van der Waals surface area contributed by atoms with E-state index in [4.69, 9.17) is 5.73 Å². The number of carbonyl (C=O) groups excluding carboxylic acids is 1. The van der Waals surface area contributed by atoms with Crippen molar-refractivity contribution in [1.82, 2.24) is 9.97 Å². The topological polar surface area (TPSA) is 101 Å². The number of hydrogen-bond acceptors (Lipinski definition) is 5. The first-order chi connectivity index (χ1) is 9.10.